The van der Waals surface area contributed by atoms with Gasteiger partial charge in [0.1, 0.15) is 5.76 Å². The van der Waals surface area contributed by atoms with E-state index in [0.29, 0.717) is 5.92 Å². The van der Waals surface area contributed by atoms with Crippen LogP contribution < -0.4 is 4.90 Å². The monoisotopic (exact) mass is 288 g/mol. The molecule has 0 aromatic carbocycles. The molecule has 0 unspecified atom stereocenters. The van der Waals surface area contributed by atoms with Gasteiger partial charge in [-0.2, -0.15) is 5.10 Å². The third kappa shape index (κ3) is 3.05. The SMILES string of the molecule is CO[C@H]1CN(c2ccc(C)nn2)C[C@H]1Cc1cc(C)no1. The van der Waals surface area contributed by atoms with Gasteiger partial charge >= 0.3 is 0 Å². The maximum Gasteiger partial charge on any atom is 0.151 e. The molecule has 2 aromatic heterocycles. The van der Waals surface area contributed by atoms with Crippen molar-refractivity contribution in [3.05, 3.63) is 35.3 Å². The molecule has 0 spiro atoms. The van der Waals surface area contributed by atoms with E-state index in [1.54, 1.807) is 7.11 Å². The Hall–Kier alpha value is -1.95. The van der Waals surface area contributed by atoms with Crippen molar-refractivity contribution in [3.63, 3.8) is 0 Å². The van der Waals surface area contributed by atoms with Gasteiger partial charge in [-0.05, 0) is 26.0 Å². The van der Waals surface area contributed by atoms with Crippen LogP contribution in [0.25, 0.3) is 0 Å². The van der Waals surface area contributed by atoms with Crippen molar-refractivity contribution in [2.45, 2.75) is 26.4 Å². The van der Waals surface area contributed by atoms with Gasteiger partial charge in [-0.3, -0.25) is 0 Å². The predicted molar refractivity (Wildman–Crippen MR) is 78.2 cm³/mol. The van der Waals surface area contributed by atoms with Gasteiger partial charge in [0, 0.05) is 38.6 Å². The Bertz CT molecular complexity index is 596. The van der Waals surface area contributed by atoms with Gasteiger partial charge in [0.05, 0.1) is 17.5 Å². The highest BCUT2D eigenvalue weighted by Crippen LogP contribution is 2.27. The van der Waals surface area contributed by atoms with Crippen molar-refractivity contribution in [1.29, 1.82) is 0 Å². The third-order valence-corrected chi connectivity index (χ3v) is 3.93. The molecule has 0 bridgehead atoms. The number of ether oxygens (including phenoxy) is 1. The summed E-state index contributed by atoms with van der Waals surface area (Å²) in [6.45, 7) is 5.58. The van der Waals surface area contributed by atoms with Crippen LogP contribution in [0.1, 0.15) is 17.1 Å². The Balaban J connectivity index is 1.71. The highest BCUT2D eigenvalue weighted by molar-refractivity contribution is 5.39. The van der Waals surface area contributed by atoms with Gasteiger partial charge in [-0.1, -0.05) is 5.16 Å². The summed E-state index contributed by atoms with van der Waals surface area (Å²) in [6.07, 6.45) is 0.994. The molecule has 3 rings (SSSR count). The Morgan fingerprint density at radius 1 is 1.24 bits per heavy atom. The molecule has 0 N–H and O–H groups in total. The molecule has 6 heteroatoms. The van der Waals surface area contributed by atoms with Gasteiger partial charge < -0.3 is 14.2 Å². The fraction of sp³-hybridized carbons (Fsp3) is 0.533. The molecule has 0 saturated carbocycles. The number of methoxy groups -OCH3 is 1. The van der Waals surface area contributed by atoms with Crippen LogP contribution in [0.3, 0.4) is 0 Å². The van der Waals surface area contributed by atoms with Crippen LogP contribution in [0, 0.1) is 19.8 Å². The lowest BCUT2D eigenvalue weighted by Crippen LogP contribution is -2.23. The quantitative estimate of drug-likeness (QED) is 0.854. The molecular weight excluding hydrogens is 268 g/mol. The summed E-state index contributed by atoms with van der Waals surface area (Å²) in [4.78, 5) is 2.22. The Kier molecular flexibility index (Phi) is 3.88. The van der Waals surface area contributed by atoms with Crippen LogP contribution in [-0.2, 0) is 11.2 Å². The number of aromatic nitrogens is 3. The van der Waals surface area contributed by atoms with Crippen molar-refractivity contribution < 1.29 is 9.26 Å². The maximum atomic E-state index is 5.63. The first-order valence-electron chi connectivity index (χ1n) is 7.16. The Labute approximate surface area is 124 Å². The van der Waals surface area contributed by atoms with Gasteiger partial charge in [-0.25, -0.2) is 0 Å². The van der Waals surface area contributed by atoms with Crippen LogP contribution >= 0.6 is 0 Å². The molecule has 0 amide bonds. The summed E-state index contributed by atoms with van der Waals surface area (Å²) in [6, 6.07) is 5.98. The summed E-state index contributed by atoms with van der Waals surface area (Å²) in [5.74, 6) is 2.18. The van der Waals surface area contributed by atoms with E-state index in [4.69, 9.17) is 9.26 Å². The predicted octanol–water partition coefficient (Wildman–Crippen LogP) is 1.78. The maximum absolute atomic E-state index is 5.63. The summed E-state index contributed by atoms with van der Waals surface area (Å²) in [5.41, 5.74) is 1.84. The minimum absolute atomic E-state index is 0.165. The highest BCUT2D eigenvalue weighted by Gasteiger charge is 2.34. The van der Waals surface area contributed by atoms with Crippen LogP contribution in [0.15, 0.2) is 22.7 Å². The largest absolute Gasteiger partial charge is 0.379 e. The molecule has 1 aliphatic heterocycles. The average molecular weight is 288 g/mol. The zero-order chi connectivity index (χ0) is 14.8. The zero-order valence-electron chi connectivity index (χ0n) is 12.6. The van der Waals surface area contributed by atoms with E-state index in [2.05, 4.69) is 20.3 Å². The molecule has 1 saturated heterocycles. The first kappa shape index (κ1) is 14.0. The van der Waals surface area contributed by atoms with Crippen molar-refractivity contribution in [2.75, 3.05) is 25.1 Å². The van der Waals surface area contributed by atoms with E-state index >= 15 is 0 Å². The lowest BCUT2D eigenvalue weighted by molar-refractivity contribution is 0.0812. The minimum atomic E-state index is 0.165. The summed E-state index contributed by atoms with van der Waals surface area (Å²) >= 11 is 0. The van der Waals surface area contributed by atoms with Gasteiger partial charge in [0.15, 0.2) is 5.82 Å². The number of rotatable bonds is 4. The second kappa shape index (κ2) is 5.81. The molecule has 0 radical (unpaired) electrons. The minimum Gasteiger partial charge on any atom is -0.379 e. The Morgan fingerprint density at radius 2 is 2.10 bits per heavy atom. The van der Waals surface area contributed by atoms with Crippen LogP contribution in [-0.4, -0.2) is 41.7 Å². The van der Waals surface area contributed by atoms with Crippen molar-refractivity contribution in [3.8, 4) is 0 Å². The number of nitrogens with zero attached hydrogens (tertiary/aromatic N) is 4. The summed E-state index contributed by atoms with van der Waals surface area (Å²) < 4.78 is 10.9. The fourth-order valence-electron chi connectivity index (χ4n) is 2.82. The molecule has 0 aliphatic carbocycles. The molecule has 112 valence electrons. The molecule has 2 atom stereocenters. The van der Waals surface area contributed by atoms with Gasteiger partial charge in [0.25, 0.3) is 0 Å². The van der Waals surface area contributed by atoms with Crippen LogP contribution in [0.2, 0.25) is 0 Å². The fourth-order valence-corrected chi connectivity index (χ4v) is 2.82. The van der Waals surface area contributed by atoms with Crippen molar-refractivity contribution in [2.24, 2.45) is 5.92 Å². The normalized spacial score (nSPS) is 22.0. The molecule has 1 fully saturated rings. The smallest absolute Gasteiger partial charge is 0.151 e. The Morgan fingerprint density at radius 3 is 2.71 bits per heavy atom. The second-order valence-corrected chi connectivity index (χ2v) is 5.61. The second-order valence-electron chi connectivity index (χ2n) is 5.61. The molecule has 3 heterocycles. The lowest BCUT2D eigenvalue weighted by Gasteiger charge is -2.16. The molecule has 2 aromatic rings. The number of hydrogen-bond donors (Lipinski definition) is 0. The van der Waals surface area contributed by atoms with E-state index in [1.165, 1.54) is 0 Å². The van der Waals surface area contributed by atoms with Crippen molar-refractivity contribution in [1.82, 2.24) is 15.4 Å². The van der Waals surface area contributed by atoms with Crippen LogP contribution in [0.5, 0.6) is 0 Å². The standard InChI is InChI=1S/C15H20N4O2/c1-10-4-5-15(17-16-10)19-8-12(14(9-19)20-3)7-13-6-11(2)18-21-13/h4-6,12,14H,7-9H2,1-3H3/t12-,14+/m1/s1. The highest BCUT2D eigenvalue weighted by atomic mass is 16.5. The number of aryl methyl sites for hydroxylation is 2. The number of hydrogen-bond acceptors (Lipinski definition) is 6. The van der Waals surface area contributed by atoms with E-state index in [1.807, 2.05) is 32.0 Å². The van der Waals surface area contributed by atoms with E-state index in [0.717, 1.165) is 42.5 Å². The molecular formula is C15H20N4O2. The van der Waals surface area contributed by atoms with E-state index in [9.17, 15) is 0 Å². The topological polar surface area (TPSA) is 64.3 Å². The summed E-state index contributed by atoms with van der Waals surface area (Å²) in [7, 11) is 1.76. The summed E-state index contributed by atoms with van der Waals surface area (Å²) in [5, 5.41) is 12.3. The lowest BCUT2D eigenvalue weighted by atomic mass is 10.0. The molecule has 6 nitrogen and oxygen atoms in total. The van der Waals surface area contributed by atoms with Gasteiger partial charge in [0.2, 0.25) is 0 Å². The first-order chi connectivity index (χ1) is 10.2. The third-order valence-electron chi connectivity index (χ3n) is 3.93. The molecule has 21 heavy (non-hydrogen) atoms. The van der Waals surface area contributed by atoms with Crippen LogP contribution in [0.4, 0.5) is 5.82 Å². The van der Waals surface area contributed by atoms with Gasteiger partial charge in [-0.15, -0.1) is 5.10 Å². The zero-order valence-corrected chi connectivity index (χ0v) is 12.6. The van der Waals surface area contributed by atoms with E-state index in [-0.39, 0.29) is 6.10 Å². The number of anilines is 1. The average Bonchev–Trinajstić information content (AvgIpc) is 3.06. The van der Waals surface area contributed by atoms with Crippen molar-refractivity contribution >= 4 is 5.82 Å². The molecule has 1 aliphatic rings. The van der Waals surface area contributed by atoms with E-state index < -0.39 is 0 Å². The first-order valence-corrected chi connectivity index (χ1v) is 7.16.